The van der Waals surface area contributed by atoms with Gasteiger partial charge < -0.3 is 14.7 Å². The molecular formula is C11H17NO3. The number of hydrogen-bond donors (Lipinski definition) is 1. The number of esters is 1. The quantitative estimate of drug-likeness (QED) is 0.720. The molecule has 0 aromatic heterocycles. The van der Waals surface area contributed by atoms with Gasteiger partial charge in [0.2, 0.25) is 0 Å². The summed E-state index contributed by atoms with van der Waals surface area (Å²) in [6.45, 7) is 7.20. The van der Waals surface area contributed by atoms with E-state index in [1.165, 1.54) is 0 Å². The number of allylic oxidation sites excluding steroid dienone is 2. The minimum atomic E-state index is -0.433. The maximum atomic E-state index is 11.5. The molecule has 0 spiro atoms. The van der Waals surface area contributed by atoms with E-state index in [1.807, 2.05) is 18.7 Å². The van der Waals surface area contributed by atoms with Crippen LogP contribution in [0, 0.1) is 0 Å². The van der Waals surface area contributed by atoms with Crippen LogP contribution in [0.25, 0.3) is 0 Å². The highest BCUT2D eigenvalue weighted by molar-refractivity contribution is 5.90. The number of aliphatic hydroxyl groups excluding tert-OH is 1. The van der Waals surface area contributed by atoms with E-state index in [1.54, 1.807) is 13.0 Å². The molecule has 0 aromatic rings. The molecule has 0 aliphatic carbocycles. The molecule has 1 N–H and O–H groups in total. The lowest BCUT2D eigenvalue weighted by atomic mass is 10.1. The molecular weight excluding hydrogens is 194 g/mol. The first-order valence-corrected chi connectivity index (χ1v) is 5.12. The minimum absolute atomic E-state index is 0.0238. The monoisotopic (exact) mass is 211 g/mol. The highest BCUT2D eigenvalue weighted by atomic mass is 16.5. The molecule has 84 valence electrons. The van der Waals surface area contributed by atoms with Crippen molar-refractivity contribution in [1.82, 2.24) is 4.90 Å². The van der Waals surface area contributed by atoms with Crippen LogP contribution >= 0.6 is 0 Å². The molecule has 4 heteroatoms. The van der Waals surface area contributed by atoms with Crippen LogP contribution in [0.3, 0.4) is 0 Å². The third kappa shape index (κ3) is 2.52. The average molecular weight is 211 g/mol. The molecule has 1 rings (SSSR count). The van der Waals surface area contributed by atoms with Gasteiger partial charge in [-0.15, -0.1) is 0 Å². The van der Waals surface area contributed by atoms with E-state index in [9.17, 15) is 9.90 Å². The van der Waals surface area contributed by atoms with E-state index in [2.05, 4.69) is 0 Å². The Morgan fingerprint density at radius 2 is 2.27 bits per heavy atom. The summed E-state index contributed by atoms with van der Waals surface area (Å²) in [6.07, 6.45) is 1.60. The van der Waals surface area contributed by atoms with Crippen LogP contribution < -0.4 is 0 Å². The van der Waals surface area contributed by atoms with Crippen molar-refractivity contribution in [2.45, 2.75) is 20.8 Å². The number of nitrogens with zero attached hydrogens (tertiary/aromatic N) is 1. The molecule has 0 saturated heterocycles. The Kier molecular flexibility index (Phi) is 3.77. The molecule has 0 fully saturated rings. The van der Waals surface area contributed by atoms with Crippen molar-refractivity contribution in [3.63, 3.8) is 0 Å². The summed E-state index contributed by atoms with van der Waals surface area (Å²) in [5.74, 6) is -0.409. The van der Waals surface area contributed by atoms with Gasteiger partial charge in [-0.05, 0) is 26.8 Å². The summed E-state index contributed by atoms with van der Waals surface area (Å²) in [5, 5.41) is 9.63. The standard InChI is InChI=1S/C11H17NO3/c1-4-12-7-9(11(14)15-5-2)10(13)6-8(12)3/h6,13H,4-5,7H2,1-3H3. The summed E-state index contributed by atoms with van der Waals surface area (Å²) in [5.41, 5.74) is 1.30. The number of likely N-dealkylation sites (N-methyl/N-ethyl adjacent to an activating group) is 1. The van der Waals surface area contributed by atoms with Crippen LogP contribution in [0.4, 0.5) is 0 Å². The third-order valence-electron chi connectivity index (χ3n) is 2.41. The van der Waals surface area contributed by atoms with Gasteiger partial charge in [0, 0.05) is 12.2 Å². The Balaban J connectivity index is 2.88. The summed E-state index contributed by atoms with van der Waals surface area (Å²) < 4.78 is 4.87. The van der Waals surface area contributed by atoms with Gasteiger partial charge in [0.25, 0.3) is 0 Å². The van der Waals surface area contributed by atoms with Crippen LogP contribution in [0.2, 0.25) is 0 Å². The highest BCUT2D eigenvalue weighted by Crippen LogP contribution is 2.19. The molecule has 4 nitrogen and oxygen atoms in total. The predicted molar refractivity (Wildman–Crippen MR) is 57.3 cm³/mol. The van der Waals surface area contributed by atoms with Gasteiger partial charge in [-0.2, -0.15) is 0 Å². The van der Waals surface area contributed by atoms with E-state index >= 15 is 0 Å². The summed E-state index contributed by atoms with van der Waals surface area (Å²) in [6, 6.07) is 0. The van der Waals surface area contributed by atoms with Crippen molar-refractivity contribution < 1.29 is 14.6 Å². The van der Waals surface area contributed by atoms with Crippen LogP contribution in [0.15, 0.2) is 23.1 Å². The second-order valence-electron chi connectivity index (χ2n) is 3.38. The number of rotatable bonds is 3. The summed E-state index contributed by atoms with van der Waals surface area (Å²) in [4.78, 5) is 13.5. The van der Waals surface area contributed by atoms with Gasteiger partial charge in [-0.25, -0.2) is 4.79 Å². The van der Waals surface area contributed by atoms with Crippen molar-refractivity contribution in [3.05, 3.63) is 23.1 Å². The minimum Gasteiger partial charge on any atom is -0.507 e. The molecule has 0 bridgehead atoms. The van der Waals surface area contributed by atoms with E-state index in [4.69, 9.17) is 4.74 Å². The number of carbonyl (C=O) groups is 1. The Morgan fingerprint density at radius 1 is 1.60 bits per heavy atom. The number of ether oxygens (including phenoxy) is 1. The number of hydrogen-bond acceptors (Lipinski definition) is 4. The second-order valence-corrected chi connectivity index (χ2v) is 3.38. The lowest BCUT2D eigenvalue weighted by Gasteiger charge is -2.28. The van der Waals surface area contributed by atoms with E-state index in [-0.39, 0.29) is 5.76 Å². The van der Waals surface area contributed by atoms with Crippen LogP contribution in [0.5, 0.6) is 0 Å². The maximum absolute atomic E-state index is 11.5. The molecule has 1 heterocycles. The smallest absolute Gasteiger partial charge is 0.339 e. The summed E-state index contributed by atoms with van der Waals surface area (Å²) >= 11 is 0. The zero-order valence-electron chi connectivity index (χ0n) is 9.41. The molecule has 1 aliphatic rings. The first-order chi connectivity index (χ1) is 7.10. The zero-order valence-corrected chi connectivity index (χ0v) is 9.41. The van der Waals surface area contributed by atoms with Crippen LogP contribution in [-0.4, -0.2) is 35.7 Å². The van der Waals surface area contributed by atoms with Crippen molar-refractivity contribution in [3.8, 4) is 0 Å². The largest absolute Gasteiger partial charge is 0.507 e. The van der Waals surface area contributed by atoms with Gasteiger partial charge in [-0.1, -0.05) is 0 Å². The van der Waals surface area contributed by atoms with Gasteiger partial charge in [0.05, 0.1) is 18.7 Å². The lowest BCUT2D eigenvalue weighted by Crippen LogP contribution is -2.31. The fraction of sp³-hybridized carbons (Fsp3) is 0.545. The molecule has 0 amide bonds. The Morgan fingerprint density at radius 3 is 2.80 bits per heavy atom. The molecule has 1 aliphatic heterocycles. The van der Waals surface area contributed by atoms with Crippen molar-refractivity contribution in [2.75, 3.05) is 19.7 Å². The lowest BCUT2D eigenvalue weighted by molar-refractivity contribution is -0.139. The van der Waals surface area contributed by atoms with E-state index < -0.39 is 5.97 Å². The van der Waals surface area contributed by atoms with Gasteiger partial charge in [0.1, 0.15) is 5.76 Å². The predicted octanol–water partition coefficient (Wildman–Crippen LogP) is 1.60. The second kappa shape index (κ2) is 4.87. The van der Waals surface area contributed by atoms with E-state index in [0.717, 1.165) is 12.2 Å². The Labute approximate surface area is 89.8 Å². The van der Waals surface area contributed by atoms with Crippen molar-refractivity contribution in [1.29, 1.82) is 0 Å². The fourth-order valence-corrected chi connectivity index (χ4v) is 1.52. The van der Waals surface area contributed by atoms with Crippen molar-refractivity contribution >= 4 is 5.97 Å². The Hall–Kier alpha value is -1.45. The zero-order chi connectivity index (χ0) is 11.4. The maximum Gasteiger partial charge on any atom is 0.339 e. The fourth-order valence-electron chi connectivity index (χ4n) is 1.52. The molecule has 15 heavy (non-hydrogen) atoms. The molecule has 0 atom stereocenters. The van der Waals surface area contributed by atoms with Crippen LogP contribution in [-0.2, 0) is 9.53 Å². The first kappa shape index (κ1) is 11.6. The molecule has 0 saturated carbocycles. The molecule has 0 aromatic carbocycles. The van der Waals surface area contributed by atoms with Gasteiger partial charge in [-0.3, -0.25) is 0 Å². The highest BCUT2D eigenvalue weighted by Gasteiger charge is 2.22. The summed E-state index contributed by atoms with van der Waals surface area (Å²) in [7, 11) is 0. The molecule has 0 unspecified atom stereocenters. The van der Waals surface area contributed by atoms with Gasteiger partial charge >= 0.3 is 5.97 Å². The number of carbonyl (C=O) groups excluding carboxylic acids is 1. The first-order valence-electron chi connectivity index (χ1n) is 5.12. The third-order valence-corrected chi connectivity index (χ3v) is 2.41. The Bertz CT molecular complexity index is 318. The van der Waals surface area contributed by atoms with Crippen LogP contribution in [0.1, 0.15) is 20.8 Å². The topological polar surface area (TPSA) is 49.8 Å². The van der Waals surface area contributed by atoms with Gasteiger partial charge in [0.15, 0.2) is 0 Å². The van der Waals surface area contributed by atoms with Crippen molar-refractivity contribution in [2.24, 2.45) is 0 Å². The number of aliphatic hydroxyl groups is 1. The SMILES string of the molecule is CCOC(=O)C1=C(O)C=C(C)N(CC)C1. The molecule has 0 radical (unpaired) electrons. The normalized spacial score (nSPS) is 16.5. The van der Waals surface area contributed by atoms with E-state index in [0.29, 0.717) is 18.7 Å². The average Bonchev–Trinajstić information content (AvgIpc) is 2.18.